The lowest BCUT2D eigenvalue weighted by molar-refractivity contribution is 0.584. The average Bonchev–Trinajstić information content (AvgIpc) is 2.16. The molecule has 0 amide bonds. The van der Waals surface area contributed by atoms with Crippen molar-refractivity contribution in [3.8, 4) is 0 Å². The van der Waals surface area contributed by atoms with E-state index in [1.54, 1.807) is 6.07 Å². The summed E-state index contributed by atoms with van der Waals surface area (Å²) in [6.45, 7) is 0.353. The van der Waals surface area contributed by atoms with E-state index in [0.29, 0.717) is 13.0 Å². The molecule has 2 N–H and O–H groups in total. The molecule has 1 aromatic rings. The molecule has 0 spiro atoms. The summed E-state index contributed by atoms with van der Waals surface area (Å²) in [4.78, 5) is 7.33. The molecule has 0 aliphatic carbocycles. The molecule has 0 unspecified atom stereocenters. The molecule has 0 atom stereocenters. The van der Waals surface area contributed by atoms with Crippen LogP contribution in [0.4, 0.5) is 0 Å². The first-order valence-corrected chi connectivity index (χ1v) is 5.52. The highest BCUT2D eigenvalue weighted by atomic mass is 32.2. The number of rotatable bonds is 4. The Kier molecular flexibility index (Phi) is 3.32. The Labute approximate surface area is 76.9 Å². The van der Waals surface area contributed by atoms with Crippen LogP contribution in [-0.4, -0.2) is 30.7 Å². The molecule has 0 aliphatic rings. The van der Waals surface area contributed by atoms with Crippen molar-refractivity contribution < 1.29 is 8.42 Å². The lowest BCUT2D eigenvalue weighted by atomic mass is 10.5. The minimum absolute atomic E-state index is 0.00745. The maximum atomic E-state index is 11.4. The van der Waals surface area contributed by atoms with Crippen molar-refractivity contribution in [1.82, 2.24) is 9.97 Å². The monoisotopic (exact) mass is 201 g/mol. The summed E-state index contributed by atoms with van der Waals surface area (Å²) in [6, 6.07) is 1.57. The summed E-state index contributed by atoms with van der Waals surface area (Å²) >= 11 is 0. The fraction of sp³-hybridized carbons (Fsp3) is 0.429. The van der Waals surface area contributed by atoms with E-state index in [-0.39, 0.29) is 10.9 Å². The van der Waals surface area contributed by atoms with E-state index >= 15 is 0 Å². The van der Waals surface area contributed by atoms with E-state index in [0.717, 1.165) is 0 Å². The third kappa shape index (κ3) is 2.74. The molecule has 1 heterocycles. The lowest BCUT2D eigenvalue weighted by Gasteiger charge is -1.99. The number of sulfone groups is 1. The topological polar surface area (TPSA) is 85.9 Å². The third-order valence-electron chi connectivity index (χ3n) is 1.44. The molecule has 0 bridgehead atoms. The zero-order chi connectivity index (χ0) is 9.73. The van der Waals surface area contributed by atoms with Crippen LogP contribution in [0.25, 0.3) is 0 Å². The highest BCUT2D eigenvalue weighted by molar-refractivity contribution is 7.91. The molecule has 0 saturated heterocycles. The van der Waals surface area contributed by atoms with Gasteiger partial charge < -0.3 is 5.73 Å². The first kappa shape index (κ1) is 10.1. The number of nitrogens with two attached hydrogens (primary N) is 1. The summed E-state index contributed by atoms with van der Waals surface area (Å²) in [5.74, 6) is 0.00745. The van der Waals surface area contributed by atoms with Gasteiger partial charge in [-0.05, 0) is 19.0 Å². The normalized spacial score (nSPS) is 11.5. The summed E-state index contributed by atoms with van der Waals surface area (Å²) < 4.78 is 22.8. The number of aromatic nitrogens is 2. The van der Waals surface area contributed by atoms with E-state index in [1.165, 1.54) is 12.4 Å². The molecular weight excluding hydrogens is 190 g/mol. The SMILES string of the molecule is NCCCS(=O)(=O)c1ncccn1. The standard InChI is InChI=1S/C7H11N3O2S/c8-3-1-6-13(11,12)7-9-4-2-5-10-7/h2,4-5H,1,3,6,8H2. The third-order valence-corrected chi connectivity index (χ3v) is 3.03. The molecule has 0 aliphatic heterocycles. The smallest absolute Gasteiger partial charge is 0.246 e. The molecule has 0 saturated carbocycles. The van der Waals surface area contributed by atoms with Gasteiger partial charge in [-0.25, -0.2) is 18.4 Å². The van der Waals surface area contributed by atoms with Crippen LogP contribution in [0.2, 0.25) is 0 Å². The Hall–Kier alpha value is -1.01. The van der Waals surface area contributed by atoms with Gasteiger partial charge in [0, 0.05) is 12.4 Å². The molecule has 1 aromatic heterocycles. The molecular formula is C7H11N3O2S. The Morgan fingerprint density at radius 1 is 1.31 bits per heavy atom. The number of hydrogen-bond acceptors (Lipinski definition) is 5. The Bertz CT molecular complexity index is 349. The van der Waals surface area contributed by atoms with E-state index < -0.39 is 9.84 Å². The molecule has 0 radical (unpaired) electrons. The van der Waals surface area contributed by atoms with E-state index in [2.05, 4.69) is 9.97 Å². The van der Waals surface area contributed by atoms with Gasteiger partial charge in [-0.1, -0.05) is 0 Å². The summed E-state index contributed by atoms with van der Waals surface area (Å²) in [6.07, 6.45) is 3.24. The van der Waals surface area contributed by atoms with Gasteiger partial charge in [0.05, 0.1) is 5.75 Å². The Morgan fingerprint density at radius 3 is 2.46 bits per heavy atom. The van der Waals surface area contributed by atoms with Crippen molar-refractivity contribution in [2.75, 3.05) is 12.3 Å². The summed E-state index contributed by atoms with van der Waals surface area (Å²) in [7, 11) is -3.32. The zero-order valence-electron chi connectivity index (χ0n) is 7.05. The highest BCUT2D eigenvalue weighted by Gasteiger charge is 2.15. The minimum Gasteiger partial charge on any atom is -0.330 e. The quantitative estimate of drug-likeness (QED) is 0.670. The molecule has 1 rings (SSSR count). The van der Waals surface area contributed by atoms with Gasteiger partial charge in [0.2, 0.25) is 15.0 Å². The van der Waals surface area contributed by atoms with Gasteiger partial charge in [0.1, 0.15) is 0 Å². The van der Waals surface area contributed by atoms with Crippen LogP contribution in [0.1, 0.15) is 6.42 Å². The van der Waals surface area contributed by atoms with Crippen molar-refractivity contribution in [2.45, 2.75) is 11.6 Å². The average molecular weight is 201 g/mol. The molecule has 6 heteroatoms. The fourth-order valence-corrected chi connectivity index (χ4v) is 1.98. The Balaban J connectivity index is 2.83. The largest absolute Gasteiger partial charge is 0.330 e. The van der Waals surface area contributed by atoms with Gasteiger partial charge in [0.15, 0.2) is 0 Å². The molecule has 0 fully saturated rings. The first-order chi connectivity index (χ1) is 6.17. The molecule has 72 valence electrons. The maximum Gasteiger partial charge on any atom is 0.246 e. The van der Waals surface area contributed by atoms with Crippen molar-refractivity contribution in [3.63, 3.8) is 0 Å². The van der Waals surface area contributed by atoms with E-state index in [9.17, 15) is 8.42 Å². The lowest BCUT2D eigenvalue weighted by Crippen LogP contribution is -2.13. The van der Waals surface area contributed by atoms with Gasteiger partial charge >= 0.3 is 0 Å². The zero-order valence-corrected chi connectivity index (χ0v) is 7.87. The molecule has 5 nitrogen and oxygen atoms in total. The van der Waals surface area contributed by atoms with Crippen molar-refractivity contribution in [2.24, 2.45) is 5.73 Å². The highest BCUT2D eigenvalue weighted by Crippen LogP contribution is 2.03. The predicted molar refractivity (Wildman–Crippen MR) is 47.8 cm³/mol. The minimum atomic E-state index is -3.32. The van der Waals surface area contributed by atoms with Crippen LogP contribution in [0.15, 0.2) is 23.6 Å². The van der Waals surface area contributed by atoms with Crippen LogP contribution < -0.4 is 5.73 Å². The van der Waals surface area contributed by atoms with Gasteiger partial charge in [-0.2, -0.15) is 0 Å². The molecule has 0 aromatic carbocycles. The van der Waals surface area contributed by atoms with Gasteiger partial charge in [0.25, 0.3) is 0 Å². The Morgan fingerprint density at radius 2 is 1.92 bits per heavy atom. The molecule has 13 heavy (non-hydrogen) atoms. The predicted octanol–water partition coefficient (Wildman–Crippen LogP) is -0.401. The van der Waals surface area contributed by atoms with Crippen molar-refractivity contribution in [1.29, 1.82) is 0 Å². The number of hydrogen-bond donors (Lipinski definition) is 1. The second kappa shape index (κ2) is 4.29. The van der Waals surface area contributed by atoms with Crippen LogP contribution >= 0.6 is 0 Å². The van der Waals surface area contributed by atoms with E-state index in [1.807, 2.05) is 0 Å². The van der Waals surface area contributed by atoms with Gasteiger partial charge in [-0.15, -0.1) is 0 Å². The van der Waals surface area contributed by atoms with Crippen molar-refractivity contribution in [3.05, 3.63) is 18.5 Å². The maximum absolute atomic E-state index is 11.4. The van der Waals surface area contributed by atoms with Crippen LogP contribution in [0.3, 0.4) is 0 Å². The van der Waals surface area contributed by atoms with Crippen molar-refractivity contribution >= 4 is 9.84 Å². The first-order valence-electron chi connectivity index (χ1n) is 3.86. The van der Waals surface area contributed by atoms with Crippen LogP contribution in [0, 0.1) is 0 Å². The second-order valence-corrected chi connectivity index (χ2v) is 4.50. The van der Waals surface area contributed by atoms with E-state index in [4.69, 9.17) is 5.73 Å². The summed E-state index contributed by atoms with van der Waals surface area (Å²) in [5.41, 5.74) is 5.21. The van der Waals surface area contributed by atoms with Crippen LogP contribution in [-0.2, 0) is 9.84 Å². The summed E-state index contributed by atoms with van der Waals surface area (Å²) in [5, 5.41) is -0.122. The fourth-order valence-electron chi connectivity index (χ4n) is 0.811. The van der Waals surface area contributed by atoms with Crippen LogP contribution in [0.5, 0.6) is 0 Å². The van der Waals surface area contributed by atoms with Gasteiger partial charge in [-0.3, -0.25) is 0 Å². The second-order valence-electron chi connectivity index (χ2n) is 2.49. The number of nitrogens with zero attached hydrogens (tertiary/aromatic N) is 2.